The number of aryl methyl sites for hydroxylation is 1. The number of nitrogens with one attached hydrogen (secondary N) is 1. The zero-order valence-corrected chi connectivity index (χ0v) is 16.8. The van der Waals surface area contributed by atoms with Crippen molar-refractivity contribution in [2.75, 3.05) is 7.11 Å². The third-order valence-corrected chi connectivity index (χ3v) is 5.71. The highest BCUT2D eigenvalue weighted by Crippen LogP contribution is 2.32. The first kappa shape index (κ1) is 19.2. The zero-order valence-electron chi connectivity index (χ0n) is 16.8. The van der Waals surface area contributed by atoms with Gasteiger partial charge in [0.25, 0.3) is 5.91 Å². The minimum Gasteiger partial charge on any atom is -0.494 e. The lowest BCUT2D eigenvalue weighted by atomic mass is 9.92. The maximum absolute atomic E-state index is 14.0. The second kappa shape index (κ2) is 7.70. The molecule has 1 atom stereocenters. The number of carbonyl (C=O) groups excluding carboxylic acids is 1. The van der Waals surface area contributed by atoms with Crippen molar-refractivity contribution in [3.63, 3.8) is 0 Å². The first-order valence-corrected chi connectivity index (χ1v) is 9.77. The molecule has 0 radical (unpaired) electrons. The summed E-state index contributed by atoms with van der Waals surface area (Å²) in [7, 11) is 1.40. The van der Waals surface area contributed by atoms with Gasteiger partial charge < -0.3 is 10.1 Å². The van der Waals surface area contributed by atoms with Gasteiger partial charge in [-0.2, -0.15) is 5.10 Å². The first-order chi connectivity index (χ1) is 14.0. The van der Waals surface area contributed by atoms with E-state index in [0.29, 0.717) is 0 Å². The predicted octanol–water partition coefficient (Wildman–Crippen LogP) is 4.44. The molecule has 0 unspecified atom stereocenters. The van der Waals surface area contributed by atoms with Crippen LogP contribution in [0.25, 0.3) is 5.69 Å². The van der Waals surface area contributed by atoms with Gasteiger partial charge in [0.2, 0.25) is 0 Å². The van der Waals surface area contributed by atoms with Crippen molar-refractivity contribution < 1.29 is 13.9 Å². The van der Waals surface area contributed by atoms with E-state index in [-0.39, 0.29) is 23.3 Å². The van der Waals surface area contributed by atoms with Crippen LogP contribution in [0.3, 0.4) is 0 Å². The van der Waals surface area contributed by atoms with E-state index in [9.17, 15) is 9.18 Å². The summed E-state index contributed by atoms with van der Waals surface area (Å²) in [6.45, 7) is 4.19. The monoisotopic (exact) mass is 393 g/mol. The van der Waals surface area contributed by atoms with E-state index in [1.807, 2.05) is 16.9 Å². The van der Waals surface area contributed by atoms with Gasteiger partial charge in [-0.15, -0.1) is 0 Å². The standard InChI is InChI=1S/C23H24FN3O2/c1-14-6-4-8-20(15(14)2)27-21-9-5-7-19(17(21)13-25-27)26-23(28)16-10-11-22(29-3)18(24)12-16/h4,6,8,10-13,19H,5,7,9H2,1-3H3,(H,26,28)/t19-/m0/s1. The van der Waals surface area contributed by atoms with E-state index < -0.39 is 5.82 Å². The summed E-state index contributed by atoms with van der Waals surface area (Å²) < 4.78 is 20.9. The molecule has 0 fully saturated rings. The Kier molecular flexibility index (Phi) is 5.09. The Labute approximate surface area is 169 Å². The summed E-state index contributed by atoms with van der Waals surface area (Å²) in [5, 5.41) is 7.67. The Balaban J connectivity index is 1.61. The Morgan fingerprint density at radius 2 is 2.10 bits per heavy atom. The van der Waals surface area contributed by atoms with E-state index in [0.717, 1.165) is 36.2 Å². The molecule has 1 aliphatic carbocycles. The number of aromatic nitrogens is 2. The van der Waals surface area contributed by atoms with Crippen molar-refractivity contribution in [1.29, 1.82) is 0 Å². The fraction of sp³-hybridized carbons (Fsp3) is 0.304. The van der Waals surface area contributed by atoms with Crippen LogP contribution in [0, 0.1) is 19.7 Å². The van der Waals surface area contributed by atoms with Crippen LogP contribution in [0.1, 0.15) is 51.6 Å². The summed E-state index contributed by atoms with van der Waals surface area (Å²) in [4.78, 5) is 12.7. The van der Waals surface area contributed by atoms with Crippen molar-refractivity contribution in [3.05, 3.63) is 76.4 Å². The molecule has 150 valence electrons. The van der Waals surface area contributed by atoms with E-state index >= 15 is 0 Å². The van der Waals surface area contributed by atoms with Crippen LogP contribution in [0.2, 0.25) is 0 Å². The molecule has 0 saturated heterocycles. The number of benzene rings is 2. The highest BCUT2D eigenvalue weighted by molar-refractivity contribution is 5.94. The third-order valence-electron chi connectivity index (χ3n) is 5.71. The first-order valence-electron chi connectivity index (χ1n) is 9.77. The number of nitrogens with zero attached hydrogens (tertiary/aromatic N) is 2. The van der Waals surface area contributed by atoms with Gasteiger partial charge in [-0.25, -0.2) is 9.07 Å². The lowest BCUT2D eigenvalue weighted by molar-refractivity contribution is 0.0932. The topological polar surface area (TPSA) is 56.1 Å². The molecule has 0 bridgehead atoms. The molecule has 6 heteroatoms. The average Bonchev–Trinajstić information content (AvgIpc) is 3.15. The number of hydrogen-bond donors (Lipinski definition) is 1. The van der Waals surface area contributed by atoms with E-state index in [1.54, 1.807) is 6.07 Å². The molecule has 1 aliphatic rings. The largest absolute Gasteiger partial charge is 0.494 e. The van der Waals surface area contributed by atoms with E-state index in [4.69, 9.17) is 4.74 Å². The number of methoxy groups -OCH3 is 1. The number of ether oxygens (including phenoxy) is 1. The number of fused-ring (bicyclic) bond motifs is 1. The molecule has 0 aliphatic heterocycles. The van der Waals surface area contributed by atoms with Gasteiger partial charge in [0, 0.05) is 16.8 Å². The number of carbonyl (C=O) groups is 1. The highest BCUT2D eigenvalue weighted by Gasteiger charge is 2.27. The minimum atomic E-state index is -0.549. The predicted molar refractivity (Wildman–Crippen MR) is 109 cm³/mol. The van der Waals surface area contributed by atoms with Gasteiger partial charge in [0.05, 0.1) is 25.0 Å². The second-order valence-corrected chi connectivity index (χ2v) is 7.45. The van der Waals surface area contributed by atoms with Crippen molar-refractivity contribution in [3.8, 4) is 11.4 Å². The van der Waals surface area contributed by atoms with Crippen molar-refractivity contribution >= 4 is 5.91 Å². The summed E-state index contributed by atoms with van der Waals surface area (Å²) in [5.41, 5.74) is 5.90. The van der Waals surface area contributed by atoms with Crippen LogP contribution in [0.5, 0.6) is 5.75 Å². The minimum absolute atomic E-state index is 0.122. The maximum Gasteiger partial charge on any atom is 0.251 e. The van der Waals surface area contributed by atoms with Gasteiger partial charge in [0.15, 0.2) is 11.6 Å². The van der Waals surface area contributed by atoms with Crippen molar-refractivity contribution in [1.82, 2.24) is 15.1 Å². The van der Waals surface area contributed by atoms with Gasteiger partial charge >= 0.3 is 0 Å². The van der Waals surface area contributed by atoms with Crippen LogP contribution in [0.15, 0.2) is 42.6 Å². The van der Waals surface area contributed by atoms with Gasteiger partial charge in [-0.05, 0) is 68.5 Å². The van der Waals surface area contributed by atoms with Gasteiger partial charge in [0.1, 0.15) is 0 Å². The zero-order chi connectivity index (χ0) is 20.5. The van der Waals surface area contributed by atoms with Crippen LogP contribution in [-0.4, -0.2) is 22.8 Å². The number of rotatable bonds is 4. The molecular weight excluding hydrogens is 369 g/mol. The van der Waals surface area contributed by atoms with Crippen LogP contribution in [-0.2, 0) is 6.42 Å². The lowest BCUT2D eigenvalue weighted by Crippen LogP contribution is -2.31. The number of halogens is 1. The smallest absolute Gasteiger partial charge is 0.251 e. The number of amides is 1. The quantitative estimate of drug-likeness (QED) is 0.713. The lowest BCUT2D eigenvalue weighted by Gasteiger charge is -2.24. The Bertz CT molecular complexity index is 1070. The molecule has 1 heterocycles. The third kappa shape index (κ3) is 3.50. The summed E-state index contributed by atoms with van der Waals surface area (Å²) >= 11 is 0. The molecule has 29 heavy (non-hydrogen) atoms. The fourth-order valence-corrected chi connectivity index (χ4v) is 3.93. The molecule has 1 N–H and O–H groups in total. The molecule has 3 aromatic rings. The fourth-order valence-electron chi connectivity index (χ4n) is 3.93. The molecule has 1 aromatic heterocycles. The number of hydrogen-bond acceptors (Lipinski definition) is 3. The van der Waals surface area contributed by atoms with Gasteiger partial charge in [-0.1, -0.05) is 12.1 Å². The van der Waals surface area contributed by atoms with Crippen molar-refractivity contribution in [2.24, 2.45) is 0 Å². The summed E-state index contributed by atoms with van der Waals surface area (Å²) in [6.07, 6.45) is 4.53. The molecule has 5 nitrogen and oxygen atoms in total. The van der Waals surface area contributed by atoms with E-state index in [2.05, 4.69) is 36.4 Å². The Morgan fingerprint density at radius 3 is 2.86 bits per heavy atom. The van der Waals surface area contributed by atoms with Crippen LogP contribution < -0.4 is 10.1 Å². The molecule has 4 rings (SSSR count). The second-order valence-electron chi connectivity index (χ2n) is 7.45. The summed E-state index contributed by atoms with van der Waals surface area (Å²) in [6, 6.07) is 10.3. The SMILES string of the molecule is COc1ccc(C(=O)N[C@H]2CCCc3c2cnn3-c2cccc(C)c2C)cc1F. The maximum atomic E-state index is 14.0. The van der Waals surface area contributed by atoms with E-state index in [1.165, 1.54) is 30.4 Å². The van der Waals surface area contributed by atoms with Crippen LogP contribution in [0.4, 0.5) is 4.39 Å². The van der Waals surface area contributed by atoms with Crippen LogP contribution >= 0.6 is 0 Å². The highest BCUT2D eigenvalue weighted by atomic mass is 19.1. The Hall–Kier alpha value is -3.15. The Morgan fingerprint density at radius 1 is 1.28 bits per heavy atom. The van der Waals surface area contributed by atoms with Gasteiger partial charge in [-0.3, -0.25) is 4.79 Å². The molecule has 0 spiro atoms. The average molecular weight is 393 g/mol. The normalized spacial score (nSPS) is 15.7. The molecule has 1 amide bonds. The van der Waals surface area contributed by atoms with Crippen molar-refractivity contribution in [2.45, 2.75) is 39.2 Å². The molecule has 0 saturated carbocycles. The summed E-state index contributed by atoms with van der Waals surface area (Å²) in [5.74, 6) is -0.729. The molecule has 2 aromatic carbocycles. The molecular formula is C23H24FN3O2.